The van der Waals surface area contributed by atoms with Gasteiger partial charge in [-0.3, -0.25) is 19.0 Å². The molecule has 1 aromatic heterocycles. The summed E-state index contributed by atoms with van der Waals surface area (Å²) in [4.78, 5) is 38.6. The maximum Gasteiger partial charge on any atom is 0.306 e. The summed E-state index contributed by atoms with van der Waals surface area (Å²) in [7, 11) is 0. The number of rotatable bonds is 6. The number of ketones is 1. The Kier molecular flexibility index (Phi) is 5.88. The highest BCUT2D eigenvalue weighted by atomic mass is 79.9. The molecule has 0 saturated carbocycles. The van der Waals surface area contributed by atoms with Crippen molar-refractivity contribution >= 4 is 27.7 Å². The van der Waals surface area contributed by atoms with Crippen LogP contribution in [0.25, 0.3) is 0 Å². The smallest absolute Gasteiger partial charge is 0.306 e. The van der Waals surface area contributed by atoms with Crippen molar-refractivity contribution in [2.24, 2.45) is 0 Å². The molecule has 0 aromatic carbocycles. The minimum absolute atomic E-state index is 0.0297. The van der Waals surface area contributed by atoms with E-state index in [9.17, 15) is 14.4 Å². The van der Waals surface area contributed by atoms with Gasteiger partial charge in [0.15, 0.2) is 5.78 Å². The summed E-state index contributed by atoms with van der Waals surface area (Å²) < 4.78 is 6.31. The maximum absolute atomic E-state index is 11.8. The van der Waals surface area contributed by atoms with Gasteiger partial charge >= 0.3 is 5.97 Å². The molecule has 0 saturated heterocycles. The summed E-state index contributed by atoms with van der Waals surface area (Å²) in [5, 5.41) is 0. The van der Waals surface area contributed by atoms with Gasteiger partial charge in [-0.15, -0.1) is 0 Å². The molecule has 0 fully saturated rings. The average molecular weight is 331 g/mol. The number of halogens is 1. The van der Waals surface area contributed by atoms with Crippen molar-refractivity contribution in [2.45, 2.75) is 33.2 Å². The van der Waals surface area contributed by atoms with Gasteiger partial charge in [0.25, 0.3) is 5.56 Å². The molecule has 0 unspecified atom stereocenters. The first-order valence-corrected chi connectivity index (χ1v) is 6.64. The Morgan fingerprint density at radius 2 is 2.11 bits per heavy atom. The van der Waals surface area contributed by atoms with Crippen LogP contribution < -0.4 is 5.56 Å². The highest BCUT2D eigenvalue weighted by molar-refractivity contribution is 9.10. The topological polar surface area (TPSA) is 78.3 Å². The predicted molar refractivity (Wildman–Crippen MR) is 71.8 cm³/mol. The monoisotopic (exact) mass is 330 g/mol. The zero-order valence-electron chi connectivity index (χ0n) is 10.8. The summed E-state index contributed by atoms with van der Waals surface area (Å²) in [5.41, 5.74) is -0.308. The molecule has 0 aliphatic carbocycles. The molecule has 0 N–H and O–H groups in total. The number of hydrogen-bond donors (Lipinski definition) is 0. The third-order valence-electron chi connectivity index (χ3n) is 2.45. The van der Waals surface area contributed by atoms with Crippen molar-refractivity contribution in [3.8, 4) is 0 Å². The first-order chi connectivity index (χ1) is 8.95. The van der Waals surface area contributed by atoms with E-state index in [2.05, 4.69) is 20.9 Å². The second kappa shape index (κ2) is 7.18. The van der Waals surface area contributed by atoms with Crippen molar-refractivity contribution < 1.29 is 14.3 Å². The van der Waals surface area contributed by atoms with Crippen LogP contribution in [-0.2, 0) is 20.9 Å². The second-order valence-corrected chi connectivity index (χ2v) is 4.74. The molecule has 0 aliphatic heterocycles. The number of hydrogen-bond acceptors (Lipinski definition) is 5. The molecule has 6 nitrogen and oxygen atoms in total. The van der Waals surface area contributed by atoms with Crippen LogP contribution in [0.5, 0.6) is 0 Å². The third-order valence-corrected chi connectivity index (χ3v) is 3.00. The van der Waals surface area contributed by atoms with Gasteiger partial charge in [-0.1, -0.05) is 0 Å². The molecule has 0 bridgehead atoms. The fourth-order valence-corrected chi connectivity index (χ4v) is 1.78. The Labute approximate surface area is 118 Å². The van der Waals surface area contributed by atoms with E-state index in [1.54, 1.807) is 13.8 Å². The van der Waals surface area contributed by atoms with E-state index >= 15 is 0 Å². The van der Waals surface area contributed by atoms with E-state index in [1.165, 1.54) is 10.8 Å². The van der Waals surface area contributed by atoms with E-state index in [1.807, 2.05) is 0 Å². The molecule has 1 rings (SSSR count). The molecule has 1 aromatic rings. The quantitative estimate of drug-likeness (QED) is 0.733. The van der Waals surface area contributed by atoms with Crippen molar-refractivity contribution in [2.75, 3.05) is 6.61 Å². The molecule has 19 heavy (non-hydrogen) atoms. The molecular weight excluding hydrogens is 316 g/mol. The first-order valence-electron chi connectivity index (χ1n) is 5.85. The SMILES string of the molecule is CCOC(=O)CCC(=O)Cn1c(C)ncc(Br)c1=O. The van der Waals surface area contributed by atoms with E-state index in [-0.39, 0.29) is 30.7 Å². The molecule has 0 aliphatic rings. The minimum atomic E-state index is -0.410. The number of carbonyl (C=O) groups excluding carboxylic acids is 2. The fraction of sp³-hybridized carbons (Fsp3) is 0.500. The van der Waals surface area contributed by atoms with Crippen LogP contribution in [-0.4, -0.2) is 27.9 Å². The Morgan fingerprint density at radius 1 is 1.42 bits per heavy atom. The number of aryl methyl sites for hydroxylation is 1. The highest BCUT2D eigenvalue weighted by Crippen LogP contribution is 2.03. The normalized spacial score (nSPS) is 10.3. The van der Waals surface area contributed by atoms with E-state index in [4.69, 9.17) is 4.74 Å². The van der Waals surface area contributed by atoms with Gasteiger partial charge < -0.3 is 4.74 Å². The van der Waals surface area contributed by atoms with Gasteiger partial charge in [0.05, 0.1) is 19.6 Å². The molecule has 0 amide bonds. The van der Waals surface area contributed by atoms with Crippen LogP contribution in [0.15, 0.2) is 15.5 Å². The molecule has 0 radical (unpaired) electrons. The van der Waals surface area contributed by atoms with Gasteiger partial charge in [0, 0.05) is 12.6 Å². The first kappa shape index (κ1) is 15.6. The minimum Gasteiger partial charge on any atom is -0.466 e. The summed E-state index contributed by atoms with van der Waals surface area (Å²) in [5.74, 6) is -0.164. The van der Waals surface area contributed by atoms with Gasteiger partial charge in [0.2, 0.25) is 0 Å². The van der Waals surface area contributed by atoms with Crippen LogP contribution in [0.2, 0.25) is 0 Å². The summed E-state index contributed by atoms with van der Waals surface area (Å²) in [6.45, 7) is 3.56. The standard InChI is InChI=1S/C12H15BrN2O4/c1-3-19-11(17)5-4-9(16)7-15-8(2)14-6-10(13)12(15)18/h6H,3-5,7H2,1-2H3. The summed E-state index contributed by atoms with van der Waals surface area (Å²) in [6, 6.07) is 0. The van der Waals surface area contributed by atoms with Crippen LogP contribution >= 0.6 is 15.9 Å². The molecule has 1 heterocycles. The van der Waals surface area contributed by atoms with Gasteiger partial charge in [0.1, 0.15) is 10.3 Å². The van der Waals surface area contributed by atoms with Crippen molar-refractivity contribution in [3.63, 3.8) is 0 Å². The Balaban J connectivity index is 2.65. The average Bonchev–Trinajstić information content (AvgIpc) is 2.37. The number of esters is 1. The number of carbonyl (C=O) groups is 2. The highest BCUT2D eigenvalue weighted by Gasteiger charge is 2.12. The Hall–Kier alpha value is -1.50. The molecule has 104 valence electrons. The predicted octanol–water partition coefficient (Wildman–Crippen LogP) is 1.23. The van der Waals surface area contributed by atoms with Crippen LogP contribution in [0, 0.1) is 6.92 Å². The summed E-state index contributed by atoms with van der Waals surface area (Å²) >= 11 is 3.07. The lowest BCUT2D eigenvalue weighted by Crippen LogP contribution is -2.27. The van der Waals surface area contributed by atoms with Gasteiger partial charge in [-0.25, -0.2) is 4.98 Å². The second-order valence-electron chi connectivity index (χ2n) is 3.89. The summed E-state index contributed by atoms with van der Waals surface area (Å²) in [6.07, 6.45) is 1.48. The molecule has 0 spiro atoms. The molecule has 7 heteroatoms. The van der Waals surface area contributed by atoms with Gasteiger partial charge in [-0.2, -0.15) is 0 Å². The van der Waals surface area contributed by atoms with E-state index in [0.29, 0.717) is 16.9 Å². The van der Waals surface area contributed by atoms with Crippen molar-refractivity contribution in [3.05, 3.63) is 26.8 Å². The van der Waals surface area contributed by atoms with Gasteiger partial charge in [-0.05, 0) is 29.8 Å². The van der Waals surface area contributed by atoms with Crippen LogP contribution in [0.1, 0.15) is 25.6 Å². The third kappa shape index (κ3) is 4.59. The lowest BCUT2D eigenvalue weighted by Gasteiger charge is -2.08. The Morgan fingerprint density at radius 3 is 2.74 bits per heavy atom. The Bertz CT molecular complexity index is 539. The van der Waals surface area contributed by atoms with Crippen LogP contribution in [0.4, 0.5) is 0 Å². The zero-order chi connectivity index (χ0) is 14.4. The number of ether oxygens (including phenoxy) is 1. The largest absolute Gasteiger partial charge is 0.466 e. The fourth-order valence-electron chi connectivity index (χ4n) is 1.47. The van der Waals surface area contributed by atoms with Crippen molar-refractivity contribution in [1.29, 1.82) is 0 Å². The molecular formula is C12H15BrN2O4. The lowest BCUT2D eigenvalue weighted by molar-refractivity contribution is -0.144. The maximum atomic E-state index is 11.8. The molecule has 0 atom stereocenters. The van der Waals surface area contributed by atoms with Crippen LogP contribution in [0.3, 0.4) is 0 Å². The van der Waals surface area contributed by atoms with Crippen molar-refractivity contribution in [1.82, 2.24) is 9.55 Å². The number of Topliss-reactive ketones (excluding diaryl/α,β-unsaturated/α-hetero) is 1. The van der Waals surface area contributed by atoms with E-state index in [0.717, 1.165) is 0 Å². The number of nitrogens with zero attached hydrogens (tertiary/aromatic N) is 2. The zero-order valence-corrected chi connectivity index (χ0v) is 12.4. The number of aromatic nitrogens is 2. The lowest BCUT2D eigenvalue weighted by atomic mass is 10.2. The van der Waals surface area contributed by atoms with E-state index < -0.39 is 5.97 Å².